The predicted octanol–water partition coefficient (Wildman–Crippen LogP) is 1.01. The lowest BCUT2D eigenvalue weighted by Crippen LogP contribution is -2.48. The van der Waals surface area contributed by atoms with Gasteiger partial charge in [0.1, 0.15) is 0 Å². The second kappa shape index (κ2) is 5.66. The predicted molar refractivity (Wildman–Crippen MR) is 71.0 cm³/mol. The fourth-order valence-electron chi connectivity index (χ4n) is 2.11. The van der Waals surface area contributed by atoms with Gasteiger partial charge in [0, 0.05) is 24.0 Å². The van der Waals surface area contributed by atoms with E-state index in [1.807, 2.05) is 6.92 Å². The summed E-state index contributed by atoms with van der Waals surface area (Å²) in [5.74, 6) is 0. The molecule has 2 rings (SSSR count). The van der Waals surface area contributed by atoms with Crippen molar-refractivity contribution in [2.75, 3.05) is 19.8 Å². The third-order valence-electron chi connectivity index (χ3n) is 3.12. The Hall–Kier alpha value is -0.470. The average Bonchev–Trinajstić information content (AvgIpc) is 2.87. The van der Waals surface area contributed by atoms with E-state index in [0.29, 0.717) is 24.7 Å². The summed E-state index contributed by atoms with van der Waals surface area (Å²) >= 11 is 1.39. The first kappa shape index (κ1) is 14.0. The van der Waals surface area contributed by atoms with Gasteiger partial charge in [0.05, 0.1) is 18.1 Å². The number of hydrogen-bond acceptors (Lipinski definition) is 5. The van der Waals surface area contributed by atoms with Gasteiger partial charge in [-0.25, -0.2) is 8.42 Å². The van der Waals surface area contributed by atoms with Crippen LogP contribution in [0.15, 0.2) is 16.3 Å². The first-order chi connectivity index (χ1) is 8.61. The van der Waals surface area contributed by atoms with Gasteiger partial charge in [0.2, 0.25) is 10.0 Å². The molecule has 1 saturated heterocycles. The summed E-state index contributed by atoms with van der Waals surface area (Å²) in [7, 11) is -3.44. The van der Waals surface area contributed by atoms with Crippen LogP contribution in [0.4, 0.5) is 0 Å². The smallest absolute Gasteiger partial charge is 0.244 e. The molecule has 1 atom stereocenters. The SMILES string of the molecule is CCC1COCCN1S(=O)(=O)c1ccsc1CN. The topological polar surface area (TPSA) is 72.6 Å². The third kappa shape index (κ3) is 2.46. The first-order valence-corrected chi connectivity index (χ1v) is 8.29. The monoisotopic (exact) mass is 290 g/mol. The summed E-state index contributed by atoms with van der Waals surface area (Å²) in [6, 6.07) is 1.57. The van der Waals surface area contributed by atoms with Crippen LogP contribution < -0.4 is 5.73 Å². The van der Waals surface area contributed by atoms with Gasteiger partial charge in [-0.3, -0.25) is 0 Å². The van der Waals surface area contributed by atoms with Crippen molar-refractivity contribution in [1.82, 2.24) is 4.31 Å². The maximum absolute atomic E-state index is 12.6. The van der Waals surface area contributed by atoms with Crippen molar-refractivity contribution in [3.63, 3.8) is 0 Å². The molecule has 1 aliphatic rings. The highest BCUT2D eigenvalue weighted by molar-refractivity contribution is 7.89. The summed E-state index contributed by atoms with van der Waals surface area (Å²) in [5, 5.41) is 1.77. The lowest BCUT2D eigenvalue weighted by molar-refractivity contribution is 0.0314. The molecule has 0 saturated carbocycles. The summed E-state index contributed by atoms with van der Waals surface area (Å²) < 4.78 is 32.1. The number of sulfonamides is 1. The first-order valence-electron chi connectivity index (χ1n) is 5.97. The molecule has 1 aliphatic heterocycles. The Labute approximate surface area is 112 Å². The average molecular weight is 290 g/mol. The summed E-state index contributed by atoms with van der Waals surface area (Å²) in [5.41, 5.74) is 5.59. The molecular weight excluding hydrogens is 272 g/mol. The van der Waals surface area contributed by atoms with Crippen LogP contribution in [0.2, 0.25) is 0 Å². The van der Waals surface area contributed by atoms with Gasteiger partial charge < -0.3 is 10.5 Å². The van der Waals surface area contributed by atoms with Crippen LogP contribution in [0.25, 0.3) is 0 Å². The molecule has 1 aromatic rings. The van der Waals surface area contributed by atoms with E-state index in [9.17, 15) is 8.42 Å². The highest BCUT2D eigenvalue weighted by Gasteiger charge is 2.34. The zero-order valence-electron chi connectivity index (χ0n) is 10.3. The van der Waals surface area contributed by atoms with Gasteiger partial charge >= 0.3 is 0 Å². The molecule has 0 spiro atoms. The van der Waals surface area contributed by atoms with Gasteiger partial charge in [0.15, 0.2) is 0 Å². The van der Waals surface area contributed by atoms with Crippen LogP contribution in [0, 0.1) is 0 Å². The molecule has 2 heterocycles. The molecular formula is C11H18N2O3S2. The van der Waals surface area contributed by atoms with E-state index in [1.165, 1.54) is 11.3 Å². The van der Waals surface area contributed by atoms with Gasteiger partial charge in [0.25, 0.3) is 0 Å². The summed E-state index contributed by atoms with van der Waals surface area (Å²) in [4.78, 5) is 1.08. The number of nitrogens with zero attached hydrogens (tertiary/aromatic N) is 1. The number of hydrogen-bond donors (Lipinski definition) is 1. The van der Waals surface area contributed by atoms with Crippen LogP contribution in [0.3, 0.4) is 0 Å². The van der Waals surface area contributed by atoms with Crippen LogP contribution in [-0.2, 0) is 21.3 Å². The summed E-state index contributed by atoms with van der Waals surface area (Å²) in [6.07, 6.45) is 0.751. The van der Waals surface area contributed by atoms with E-state index in [0.717, 1.165) is 11.3 Å². The fourth-order valence-corrected chi connectivity index (χ4v) is 5.09. The van der Waals surface area contributed by atoms with E-state index >= 15 is 0 Å². The van der Waals surface area contributed by atoms with Gasteiger partial charge in [-0.15, -0.1) is 11.3 Å². The molecule has 18 heavy (non-hydrogen) atoms. The van der Waals surface area contributed by atoms with Gasteiger partial charge in [-0.1, -0.05) is 6.92 Å². The number of rotatable bonds is 4. The maximum atomic E-state index is 12.6. The Morgan fingerprint density at radius 2 is 2.39 bits per heavy atom. The van der Waals surface area contributed by atoms with E-state index in [-0.39, 0.29) is 12.6 Å². The van der Waals surface area contributed by atoms with Crippen LogP contribution in [-0.4, -0.2) is 38.5 Å². The number of ether oxygens (including phenoxy) is 1. The van der Waals surface area contributed by atoms with Crippen molar-refractivity contribution in [1.29, 1.82) is 0 Å². The Kier molecular flexibility index (Phi) is 4.39. The van der Waals surface area contributed by atoms with Crippen LogP contribution in [0.5, 0.6) is 0 Å². The Bertz CT molecular complexity index is 498. The van der Waals surface area contributed by atoms with E-state index in [2.05, 4.69) is 0 Å². The normalized spacial score (nSPS) is 22.2. The number of nitrogens with two attached hydrogens (primary N) is 1. The molecule has 0 amide bonds. The molecule has 0 radical (unpaired) electrons. The minimum absolute atomic E-state index is 0.0747. The molecule has 7 heteroatoms. The van der Waals surface area contributed by atoms with Crippen LogP contribution in [0.1, 0.15) is 18.2 Å². The van der Waals surface area contributed by atoms with Crippen molar-refractivity contribution >= 4 is 21.4 Å². The lowest BCUT2D eigenvalue weighted by Gasteiger charge is -2.33. The van der Waals surface area contributed by atoms with Crippen molar-refractivity contribution in [2.24, 2.45) is 5.73 Å². The van der Waals surface area contributed by atoms with Crippen molar-refractivity contribution in [3.05, 3.63) is 16.3 Å². The molecule has 1 unspecified atom stereocenters. The maximum Gasteiger partial charge on any atom is 0.244 e. The van der Waals surface area contributed by atoms with Gasteiger partial charge in [-0.2, -0.15) is 4.31 Å². The van der Waals surface area contributed by atoms with Crippen LogP contribution >= 0.6 is 11.3 Å². The molecule has 1 fully saturated rings. The third-order valence-corrected chi connectivity index (χ3v) is 6.23. The number of morpholine rings is 1. The standard InChI is InChI=1S/C11H18N2O3S2/c1-2-9-8-16-5-4-13(9)18(14,15)11-3-6-17-10(11)7-12/h3,6,9H,2,4-5,7-8,12H2,1H3. The second-order valence-corrected chi connectivity index (χ2v) is 7.02. The Morgan fingerprint density at radius 3 is 3.06 bits per heavy atom. The fraction of sp³-hybridized carbons (Fsp3) is 0.636. The van der Waals surface area contributed by atoms with E-state index in [1.54, 1.807) is 15.8 Å². The lowest BCUT2D eigenvalue weighted by atomic mass is 10.2. The van der Waals surface area contributed by atoms with Gasteiger partial charge in [-0.05, 0) is 17.9 Å². The zero-order chi connectivity index (χ0) is 13.2. The molecule has 0 aromatic carbocycles. The molecule has 5 nitrogen and oxygen atoms in total. The molecule has 2 N–H and O–H groups in total. The Balaban J connectivity index is 2.35. The Morgan fingerprint density at radius 1 is 1.61 bits per heavy atom. The molecule has 102 valence electrons. The molecule has 1 aromatic heterocycles. The van der Waals surface area contributed by atoms with Crippen molar-refractivity contribution in [3.8, 4) is 0 Å². The zero-order valence-corrected chi connectivity index (χ0v) is 12.0. The highest BCUT2D eigenvalue weighted by Crippen LogP contribution is 2.27. The summed E-state index contributed by atoms with van der Waals surface area (Å²) in [6.45, 7) is 3.57. The minimum Gasteiger partial charge on any atom is -0.378 e. The van der Waals surface area contributed by atoms with E-state index < -0.39 is 10.0 Å². The minimum atomic E-state index is -3.44. The number of thiophene rings is 1. The van der Waals surface area contributed by atoms with E-state index in [4.69, 9.17) is 10.5 Å². The van der Waals surface area contributed by atoms with Crippen molar-refractivity contribution < 1.29 is 13.2 Å². The second-order valence-electron chi connectivity index (χ2n) is 4.16. The molecule has 0 bridgehead atoms. The largest absolute Gasteiger partial charge is 0.378 e. The highest BCUT2D eigenvalue weighted by atomic mass is 32.2. The van der Waals surface area contributed by atoms with Crippen molar-refractivity contribution in [2.45, 2.75) is 30.8 Å². The molecule has 0 aliphatic carbocycles. The quantitative estimate of drug-likeness (QED) is 0.898.